The Balaban J connectivity index is 1.41. The van der Waals surface area contributed by atoms with Crippen LogP contribution in [0.5, 0.6) is 0 Å². The molecule has 0 radical (unpaired) electrons. The van der Waals surface area contributed by atoms with Crippen molar-refractivity contribution in [1.82, 2.24) is 4.98 Å². The molecule has 1 aliphatic heterocycles. The highest BCUT2D eigenvalue weighted by Gasteiger charge is 2.15. The van der Waals surface area contributed by atoms with E-state index in [2.05, 4.69) is 15.6 Å². The highest BCUT2D eigenvalue weighted by molar-refractivity contribution is 7.14. The summed E-state index contributed by atoms with van der Waals surface area (Å²) in [5.41, 5.74) is 4.45. The third-order valence-electron chi connectivity index (χ3n) is 4.86. The Bertz CT molecular complexity index is 961. The number of carbonyl (C=O) groups is 1. The summed E-state index contributed by atoms with van der Waals surface area (Å²) in [5.74, 6) is -0.119. The maximum Gasteiger partial charge on any atom is 0.255 e. The second kappa shape index (κ2) is 8.63. The van der Waals surface area contributed by atoms with E-state index >= 15 is 0 Å². The molecule has 1 saturated heterocycles. The molecule has 1 N–H and O–H groups in total. The van der Waals surface area contributed by atoms with Crippen LogP contribution in [0.2, 0.25) is 0 Å². The minimum atomic E-state index is -0.119. The van der Waals surface area contributed by atoms with Crippen LogP contribution in [0.3, 0.4) is 0 Å². The van der Waals surface area contributed by atoms with E-state index in [0.29, 0.717) is 5.56 Å². The summed E-state index contributed by atoms with van der Waals surface area (Å²) in [6, 6.07) is 15.3. The van der Waals surface area contributed by atoms with Crippen LogP contribution >= 0.6 is 11.3 Å². The van der Waals surface area contributed by atoms with Gasteiger partial charge in [-0.25, -0.2) is 4.98 Å². The lowest BCUT2D eigenvalue weighted by atomic mass is 10.1. The fraction of sp³-hybridized carbons (Fsp3) is 0.273. The zero-order valence-corrected chi connectivity index (χ0v) is 17.4. The summed E-state index contributed by atoms with van der Waals surface area (Å²) in [6.45, 7) is 3.27. The van der Waals surface area contributed by atoms with Gasteiger partial charge in [-0.3, -0.25) is 4.79 Å². The number of benzene rings is 2. The van der Waals surface area contributed by atoms with Gasteiger partial charge in [-0.1, -0.05) is 12.1 Å². The fourth-order valence-electron chi connectivity index (χ4n) is 3.14. The molecule has 1 fully saturated rings. The van der Waals surface area contributed by atoms with Crippen molar-refractivity contribution >= 4 is 33.8 Å². The van der Waals surface area contributed by atoms with Crippen LogP contribution in [0, 0.1) is 0 Å². The zero-order chi connectivity index (χ0) is 20.2. The molecule has 0 spiro atoms. The van der Waals surface area contributed by atoms with Gasteiger partial charge in [-0.05, 0) is 36.4 Å². The zero-order valence-electron chi connectivity index (χ0n) is 16.6. The maximum atomic E-state index is 12.5. The van der Waals surface area contributed by atoms with Gasteiger partial charge >= 0.3 is 0 Å². The molecule has 0 saturated carbocycles. The van der Waals surface area contributed by atoms with Crippen molar-refractivity contribution in [1.29, 1.82) is 0 Å². The SMILES string of the molecule is CN(C)c1ccc(C(=O)Nc2ccc(-c3csc(N4CCOCC4)n3)cc2)cc1. The first-order valence-electron chi connectivity index (χ1n) is 9.57. The monoisotopic (exact) mass is 408 g/mol. The molecule has 0 atom stereocenters. The summed E-state index contributed by atoms with van der Waals surface area (Å²) in [7, 11) is 3.95. The van der Waals surface area contributed by atoms with Gasteiger partial charge in [0.05, 0.1) is 18.9 Å². The van der Waals surface area contributed by atoms with Gasteiger partial charge in [0.25, 0.3) is 5.91 Å². The Labute approximate surface area is 174 Å². The Hall–Kier alpha value is -2.90. The van der Waals surface area contributed by atoms with E-state index in [0.717, 1.165) is 54.1 Å². The number of nitrogens with zero attached hydrogens (tertiary/aromatic N) is 3. The second-order valence-corrected chi connectivity index (χ2v) is 7.92. The second-order valence-electron chi connectivity index (χ2n) is 7.09. The molecule has 29 heavy (non-hydrogen) atoms. The third-order valence-corrected chi connectivity index (χ3v) is 5.76. The highest BCUT2D eigenvalue weighted by atomic mass is 32.1. The van der Waals surface area contributed by atoms with Gasteiger partial charge in [0.2, 0.25) is 0 Å². The molecule has 3 aromatic rings. The molecule has 150 valence electrons. The van der Waals surface area contributed by atoms with E-state index in [4.69, 9.17) is 9.72 Å². The Morgan fingerprint density at radius 2 is 1.76 bits per heavy atom. The van der Waals surface area contributed by atoms with Crippen molar-refractivity contribution in [3.63, 3.8) is 0 Å². The van der Waals surface area contributed by atoms with Gasteiger partial charge in [0.15, 0.2) is 5.13 Å². The molecule has 7 heteroatoms. The predicted molar refractivity (Wildman–Crippen MR) is 119 cm³/mol. The molecule has 1 aliphatic rings. The Kier molecular flexibility index (Phi) is 5.78. The lowest BCUT2D eigenvalue weighted by Gasteiger charge is -2.26. The lowest BCUT2D eigenvalue weighted by Crippen LogP contribution is -2.36. The summed E-state index contributed by atoms with van der Waals surface area (Å²) in [4.78, 5) is 21.5. The van der Waals surface area contributed by atoms with E-state index in [1.54, 1.807) is 11.3 Å². The molecule has 6 nitrogen and oxygen atoms in total. The molecule has 4 rings (SSSR count). The maximum absolute atomic E-state index is 12.5. The normalized spacial score (nSPS) is 13.9. The van der Waals surface area contributed by atoms with Crippen molar-refractivity contribution in [2.75, 3.05) is 55.5 Å². The van der Waals surface area contributed by atoms with Crippen LogP contribution in [0.1, 0.15) is 10.4 Å². The Morgan fingerprint density at radius 1 is 1.07 bits per heavy atom. The number of hydrogen-bond acceptors (Lipinski definition) is 6. The van der Waals surface area contributed by atoms with Crippen molar-refractivity contribution in [2.45, 2.75) is 0 Å². The van der Waals surface area contributed by atoms with E-state index < -0.39 is 0 Å². The number of anilines is 3. The van der Waals surface area contributed by atoms with Crippen molar-refractivity contribution in [3.05, 3.63) is 59.5 Å². The van der Waals surface area contributed by atoms with E-state index in [1.165, 1.54) is 0 Å². The summed E-state index contributed by atoms with van der Waals surface area (Å²) < 4.78 is 5.40. The summed E-state index contributed by atoms with van der Waals surface area (Å²) >= 11 is 1.65. The first-order chi connectivity index (χ1) is 14.1. The van der Waals surface area contributed by atoms with E-state index in [1.807, 2.05) is 67.5 Å². The fourth-order valence-corrected chi connectivity index (χ4v) is 4.02. The largest absolute Gasteiger partial charge is 0.378 e. The molecule has 1 amide bonds. The van der Waals surface area contributed by atoms with Crippen molar-refractivity contribution < 1.29 is 9.53 Å². The molecule has 1 aromatic heterocycles. The standard InChI is InChI=1S/C22H24N4O2S/c1-25(2)19-9-5-17(6-10-19)21(27)23-18-7-3-16(4-8-18)20-15-29-22(24-20)26-11-13-28-14-12-26/h3-10,15H,11-14H2,1-2H3,(H,23,27). The number of amides is 1. The topological polar surface area (TPSA) is 57.7 Å². The number of nitrogens with one attached hydrogen (secondary N) is 1. The van der Waals surface area contributed by atoms with Crippen LogP contribution in [0.25, 0.3) is 11.3 Å². The van der Waals surface area contributed by atoms with Crippen LogP contribution in [-0.4, -0.2) is 51.3 Å². The van der Waals surface area contributed by atoms with E-state index in [-0.39, 0.29) is 5.91 Å². The molecule has 2 heterocycles. The summed E-state index contributed by atoms with van der Waals surface area (Å²) in [5, 5.41) is 6.05. The molecular formula is C22H24N4O2S. The van der Waals surface area contributed by atoms with Gasteiger partial charge in [-0.15, -0.1) is 11.3 Å². The highest BCUT2D eigenvalue weighted by Crippen LogP contribution is 2.28. The summed E-state index contributed by atoms with van der Waals surface area (Å²) in [6.07, 6.45) is 0. The smallest absolute Gasteiger partial charge is 0.255 e. The van der Waals surface area contributed by atoms with Crippen LogP contribution in [0.15, 0.2) is 53.9 Å². The average Bonchev–Trinajstić information content (AvgIpc) is 3.25. The number of ether oxygens (including phenoxy) is 1. The third kappa shape index (κ3) is 4.58. The molecular weight excluding hydrogens is 384 g/mol. The lowest BCUT2D eigenvalue weighted by molar-refractivity contribution is 0.102. The van der Waals surface area contributed by atoms with Crippen LogP contribution < -0.4 is 15.1 Å². The van der Waals surface area contributed by atoms with Gasteiger partial charge < -0.3 is 19.9 Å². The minimum Gasteiger partial charge on any atom is -0.378 e. The van der Waals surface area contributed by atoms with Crippen LogP contribution in [0.4, 0.5) is 16.5 Å². The number of aromatic nitrogens is 1. The van der Waals surface area contributed by atoms with Gasteiger partial charge in [0, 0.05) is 55.1 Å². The Morgan fingerprint density at radius 3 is 2.41 bits per heavy atom. The van der Waals surface area contributed by atoms with E-state index in [9.17, 15) is 4.79 Å². The molecule has 0 aliphatic carbocycles. The van der Waals surface area contributed by atoms with Gasteiger partial charge in [0.1, 0.15) is 0 Å². The minimum absolute atomic E-state index is 0.119. The number of hydrogen-bond donors (Lipinski definition) is 1. The molecule has 0 bridgehead atoms. The number of morpholine rings is 1. The van der Waals surface area contributed by atoms with Gasteiger partial charge in [-0.2, -0.15) is 0 Å². The first-order valence-corrected chi connectivity index (χ1v) is 10.5. The quantitative estimate of drug-likeness (QED) is 0.692. The molecule has 2 aromatic carbocycles. The van der Waals surface area contributed by atoms with Crippen molar-refractivity contribution in [3.8, 4) is 11.3 Å². The first kappa shape index (κ1) is 19.4. The predicted octanol–water partition coefficient (Wildman–Crippen LogP) is 3.97. The van der Waals surface area contributed by atoms with Crippen molar-refractivity contribution in [2.24, 2.45) is 0 Å². The number of carbonyl (C=O) groups excluding carboxylic acids is 1. The number of rotatable bonds is 5. The average molecular weight is 409 g/mol. The number of thiazole rings is 1. The van der Waals surface area contributed by atoms with Crippen LogP contribution in [-0.2, 0) is 4.74 Å². The molecule has 0 unspecified atom stereocenters.